The molecular weight excluding hydrogens is 330 g/mol. The van der Waals surface area contributed by atoms with E-state index in [1.807, 2.05) is 30.0 Å². The fourth-order valence-electron chi connectivity index (χ4n) is 3.21. The highest BCUT2D eigenvalue weighted by molar-refractivity contribution is 5.92. The maximum Gasteiger partial charge on any atom is 0.338 e. The van der Waals surface area contributed by atoms with Gasteiger partial charge in [-0.05, 0) is 57.0 Å². The summed E-state index contributed by atoms with van der Waals surface area (Å²) in [6, 6.07) is 8.94. The van der Waals surface area contributed by atoms with Gasteiger partial charge in [0.15, 0.2) is 6.10 Å². The van der Waals surface area contributed by atoms with Gasteiger partial charge in [0.25, 0.3) is 5.91 Å². The van der Waals surface area contributed by atoms with E-state index in [0.29, 0.717) is 5.56 Å². The lowest BCUT2D eigenvalue weighted by Crippen LogP contribution is -2.40. The monoisotopic (exact) mass is 355 g/mol. The first-order valence-corrected chi connectivity index (χ1v) is 9.17. The summed E-state index contributed by atoms with van der Waals surface area (Å²) in [7, 11) is 0. The summed E-state index contributed by atoms with van der Waals surface area (Å²) in [5, 5.41) is 4.24. The molecule has 1 aromatic heterocycles. The Labute approximate surface area is 153 Å². The zero-order valence-electron chi connectivity index (χ0n) is 15.4. The smallest absolute Gasteiger partial charge is 0.338 e. The van der Waals surface area contributed by atoms with Crippen molar-refractivity contribution in [3.8, 4) is 5.69 Å². The Balaban J connectivity index is 1.62. The average Bonchev–Trinajstić information content (AvgIpc) is 2.91. The second kappa shape index (κ2) is 8.17. The van der Waals surface area contributed by atoms with Crippen LogP contribution in [0.4, 0.5) is 0 Å². The van der Waals surface area contributed by atoms with E-state index in [9.17, 15) is 9.59 Å². The number of hydrogen-bond acceptors (Lipinski definition) is 4. The molecule has 0 spiro atoms. The Morgan fingerprint density at radius 1 is 1.04 bits per heavy atom. The molecule has 138 valence electrons. The standard InChI is InChI=1S/C20H25N3O3/c1-15-11-12-21-23(15)18-9-7-17(8-10-18)20(25)26-16(2)19(24)22-13-5-3-4-6-14-22/h7-12,16H,3-6,13-14H2,1-2H3/t16-/m0/s1. The first-order valence-electron chi connectivity index (χ1n) is 9.17. The first-order chi connectivity index (χ1) is 12.6. The van der Waals surface area contributed by atoms with Gasteiger partial charge in [-0.3, -0.25) is 4.79 Å². The normalized spacial score (nSPS) is 16.0. The number of benzene rings is 1. The molecule has 1 amide bonds. The molecule has 1 saturated heterocycles. The number of carbonyl (C=O) groups is 2. The number of amides is 1. The third-order valence-corrected chi connectivity index (χ3v) is 4.73. The van der Waals surface area contributed by atoms with Crippen molar-refractivity contribution in [2.75, 3.05) is 13.1 Å². The Bertz CT molecular complexity index is 759. The average molecular weight is 355 g/mol. The van der Waals surface area contributed by atoms with Crippen LogP contribution < -0.4 is 0 Å². The lowest BCUT2D eigenvalue weighted by molar-refractivity contribution is -0.139. The van der Waals surface area contributed by atoms with Crippen LogP contribution in [-0.2, 0) is 9.53 Å². The number of esters is 1. The molecule has 0 saturated carbocycles. The predicted octanol–water partition coefficient (Wildman–Crippen LogP) is 3.13. The Kier molecular flexibility index (Phi) is 5.71. The van der Waals surface area contributed by atoms with Gasteiger partial charge in [0, 0.05) is 25.0 Å². The molecule has 0 aliphatic carbocycles. The Morgan fingerprint density at radius 2 is 1.69 bits per heavy atom. The van der Waals surface area contributed by atoms with Crippen LogP contribution in [0.15, 0.2) is 36.5 Å². The van der Waals surface area contributed by atoms with Crippen LogP contribution in [0.25, 0.3) is 5.69 Å². The number of aromatic nitrogens is 2. The van der Waals surface area contributed by atoms with Crippen molar-refractivity contribution >= 4 is 11.9 Å². The maximum atomic E-state index is 12.5. The van der Waals surface area contributed by atoms with Crippen LogP contribution in [0.2, 0.25) is 0 Å². The van der Waals surface area contributed by atoms with Crippen LogP contribution in [0.1, 0.15) is 48.7 Å². The van der Waals surface area contributed by atoms with E-state index in [-0.39, 0.29) is 5.91 Å². The molecule has 1 aliphatic heterocycles. The fraction of sp³-hybridized carbons (Fsp3) is 0.450. The number of hydrogen-bond donors (Lipinski definition) is 0. The van der Waals surface area contributed by atoms with Crippen LogP contribution in [-0.4, -0.2) is 45.8 Å². The van der Waals surface area contributed by atoms with E-state index < -0.39 is 12.1 Å². The molecular formula is C20H25N3O3. The van der Waals surface area contributed by atoms with E-state index in [2.05, 4.69) is 5.10 Å². The molecule has 0 bridgehead atoms. The third-order valence-electron chi connectivity index (χ3n) is 4.73. The van der Waals surface area contributed by atoms with Crippen LogP contribution in [0.5, 0.6) is 0 Å². The van der Waals surface area contributed by atoms with Gasteiger partial charge in [0.1, 0.15) is 0 Å². The van der Waals surface area contributed by atoms with Gasteiger partial charge in [-0.15, -0.1) is 0 Å². The van der Waals surface area contributed by atoms with Crippen LogP contribution >= 0.6 is 0 Å². The van der Waals surface area contributed by atoms with Gasteiger partial charge in [-0.2, -0.15) is 5.10 Å². The summed E-state index contributed by atoms with van der Waals surface area (Å²) >= 11 is 0. The van der Waals surface area contributed by atoms with Crippen molar-refractivity contribution in [1.29, 1.82) is 0 Å². The number of carbonyl (C=O) groups excluding carboxylic acids is 2. The van der Waals surface area contributed by atoms with E-state index in [1.165, 1.54) is 0 Å². The minimum absolute atomic E-state index is 0.107. The first kappa shape index (κ1) is 18.2. The molecule has 6 heteroatoms. The van der Waals surface area contributed by atoms with Gasteiger partial charge in [0.05, 0.1) is 11.3 Å². The molecule has 6 nitrogen and oxygen atoms in total. The summed E-state index contributed by atoms with van der Waals surface area (Å²) in [6.07, 6.45) is 5.29. The van der Waals surface area contributed by atoms with Gasteiger partial charge in [-0.25, -0.2) is 9.48 Å². The van der Waals surface area contributed by atoms with Crippen LogP contribution in [0.3, 0.4) is 0 Å². The highest BCUT2D eigenvalue weighted by Gasteiger charge is 2.24. The third kappa shape index (κ3) is 4.12. The van der Waals surface area contributed by atoms with Crippen LogP contribution in [0, 0.1) is 6.92 Å². The molecule has 1 aliphatic rings. The van der Waals surface area contributed by atoms with Crippen molar-refractivity contribution in [3.05, 3.63) is 47.8 Å². The topological polar surface area (TPSA) is 64.4 Å². The van der Waals surface area contributed by atoms with E-state index in [0.717, 1.165) is 50.2 Å². The molecule has 0 N–H and O–H groups in total. The maximum absolute atomic E-state index is 12.5. The molecule has 2 aromatic rings. The number of likely N-dealkylation sites (tertiary alicyclic amines) is 1. The quantitative estimate of drug-likeness (QED) is 0.791. The molecule has 2 heterocycles. The van der Waals surface area contributed by atoms with Crippen molar-refractivity contribution in [1.82, 2.24) is 14.7 Å². The molecule has 1 fully saturated rings. The summed E-state index contributed by atoms with van der Waals surface area (Å²) in [6.45, 7) is 5.11. The minimum atomic E-state index is -0.770. The summed E-state index contributed by atoms with van der Waals surface area (Å²) in [4.78, 5) is 26.7. The van der Waals surface area contributed by atoms with Gasteiger partial charge >= 0.3 is 5.97 Å². The molecule has 0 unspecified atom stereocenters. The van der Waals surface area contributed by atoms with Crippen molar-refractivity contribution in [2.24, 2.45) is 0 Å². The molecule has 1 atom stereocenters. The summed E-state index contributed by atoms with van der Waals surface area (Å²) in [5.41, 5.74) is 2.31. The Morgan fingerprint density at radius 3 is 2.27 bits per heavy atom. The molecule has 1 aromatic carbocycles. The highest BCUT2D eigenvalue weighted by atomic mass is 16.5. The van der Waals surface area contributed by atoms with Crippen molar-refractivity contribution in [2.45, 2.75) is 45.6 Å². The van der Waals surface area contributed by atoms with Crippen molar-refractivity contribution < 1.29 is 14.3 Å². The number of nitrogens with zero attached hydrogens (tertiary/aromatic N) is 3. The van der Waals surface area contributed by atoms with E-state index in [1.54, 1.807) is 29.9 Å². The highest BCUT2D eigenvalue weighted by Crippen LogP contribution is 2.15. The second-order valence-corrected chi connectivity index (χ2v) is 6.72. The Hall–Kier alpha value is -2.63. The largest absolute Gasteiger partial charge is 0.449 e. The molecule has 26 heavy (non-hydrogen) atoms. The lowest BCUT2D eigenvalue weighted by Gasteiger charge is -2.24. The molecule has 3 rings (SSSR count). The number of rotatable bonds is 4. The fourth-order valence-corrected chi connectivity index (χ4v) is 3.21. The predicted molar refractivity (Wildman–Crippen MR) is 98.2 cm³/mol. The van der Waals surface area contributed by atoms with Crippen molar-refractivity contribution in [3.63, 3.8) is 0 Å². The van der Waals surface area contributed by atoms with Gasteiger partial charge < -0.3 is 9.64 Å². The SMILES string of the molecule is Cc1ccnn1-c1ccc(C(=O)O[C@@H](C)C(=O)N2CCCCCC2)cc1. The second-order valence-electron chi connectivity index (χ2n) is 6.72. The summed E-state index contributed by atoms with van der Waals surface area (Å²) < 4.78 is 7.19. The zero-order chi connectivity index (χ0) is 18.5. The van der Waals surface area contributed by atoms with Gasteiger partial charge in [-0.1, -0.05) is 12.8 Å². The summed E-state index contributed by atoms with van der Waals surface area (Å²) in [5.74, 6) is -0.589. The van der Waals surface area contributed by atoms with E-state index >= 15 is 0 Å². The molecule has 0 radical (unpaired) electrons. The lowest BCUT2D eigenvalue weighted by atomic mass is 10.2. The minimum Gasteiger partial charge on any atom is -0.449 e. The van der Waals surface area contributed by atoms with E-state index in [4.69, 9.17) is 4.74 Å². The zero-order valence-corrected chi connectivity index (χ0v) is 15.4. The number of aryl methyl sites for hydroxylation is 1. The number of ether oxygens (including phenoxy) is 1. The van der Waals surface area contributed by atoms with Gasteiger partial charge in [0.2, 0.25) is 0 Å².